The fourth-order valence-electron chi connectivity index (χ4n) is 3.25. The molecule has 0 saturated carbocycles. The van der Waals surface area contributed by atoms with E-state index in [0.29, 0.717) is 17.5 Å². The van der Waals surface area contributed by atoms with Gasteiger partial charge in [-0.05, 0) is 44.5 Å². The fourth-order valence-corrected chi connectivity index (χ4v) is 3.25. The third kappa shape index (κ3) is 6.75. The first-order valence-corrected chi connectivity index (χ1v) is 10.8. The number of alkyl halides is 6. The minimum absolute atomic E-state index is 0.240. The van der Waals surface area contributed by atoms with E-state index in [4.69, 9.17) is 14.2 Å². The van der Waals surface area contributed by atoms with Crippen molar-refractivity contribution in [1.82, 2.24) is 9.97 Å². The number of anilines is 1. The van der Waals surface area contributed by atoms with Crippen LogP contribution in [0.1, 0.15) is 34.2 Å². The van der Waals surface area contributed by atoms with E-state index in [1.165, 1.54) is 19.2 Å². The number of benzene rings is 1. The van der Waals surface area contributed by atoms with E-state index in [0.717, 1.165) is 25.3 Å². The molecule has 0 atom stereocenters. The molecule has 0 spiro atoms. The van der Waals surface area contributed by atoms with Crippen LogP contribution in [0.15, 0.2) is 36.7 Å². The first kappa shape index (κ1) is 28.3. The zero-order chi connectivity index (χ0) is 28.3. The maximum Gasteiger partial charge on any atom is 0.573 e. The summed E-state index contributed by atoms with van der Waals surface area (Å²) in [7, 11) is 1.12. The van der Waals surface area contributed by atoms with Gasteiger partial charge in [0, 0.05) is 23.6 Å². The van der Waals surface area contributed by atoms with Crippen molar-refractivity contribution in [3.05, 3.63) is 59.2 Å². The quantitative estimate of drug-likeness (QED) is 0.325. The fraction of sp³-hybridized carbons (Fsp3) is 0.292. The van der Waals surface area contributed by atoms with Crippen LogP contribution in [0.3, 0.4) is 0 Å². The SMILES string of the molecule is CCOc1c(C(F)(F)F)ncc(Oc2ccc(OC(F)(F)F)cc2OC)c1C(=O)Nc1cc(C)ncc1C. The number of amides is 1. The Hall–Kier alpha value is -4.23. The van der Waals surface area contributed by atoms with Crippen LogP contribution in [0.5, 0.6) is 28.7 Å². The Labute approximate surface area is 212 Å². The Morgan fingerprint density at radius 1 is 0.974 bits per heavy atom. The number of rotatable bonds is 8. The second kappa shape index (κ2) is 11.0. The summed E-state index contributed by atoms with van der Waals surface area (Å²) < 4.78 is 98.8. The van der Waals surface area contributed by atoms with Crippen molar-refractivity contribution in [3.63, 3.8) is 0 Å². The molecule has 8 nitrogen and oxygen atoms in total. The molecule has 0 aliphatic heterocycles. The normalized spacial score (nSPS) is 11.6. The van der Waals surface area contributed by atoms with Gasteiger partial charge in [0.1, 0.15) is 11.3 Å². The molecule has 0 aliphatic rings. The molecular weight excluding hydrogens is 524 g/mol. The highest BCUT2D eigenvalue weighted by Crippen LogP contribution is 2.43. The maximum atomic E-state index is 13.8. The number of hydrogen-bond acceptors (Lipinski definition) is 7. The van der Waals surface area contributed by atoms with Gasteiger partial charge < -0.3 is 24.3 Å². The summed E-state index contributed by atoms with van der Waals surface area (Å²) in [4.78, 5) is 20.8. The lowest BCUT2D eigenvalue weighted by molar-refractivity contribution is -0.274. The molecule has 0 unspecified atom stereocenters. The molecule has 38 heavy (non-hydrogen) atoms. The number of hydrogen-bond donors (Lipinski definition) is 1. The van der Waals surface area contributed by atoms with Crippen molar-refractivity contribution in [2.75, 3.05) is 19.0 Å². The van der Waals surface area contributed by atoms with Gasteiger partial charge in [-0.15, -0.1) is 13.2 Å². The molecular formula is C24H21F6N3O5. The van der Waals surface area contributed by atoms with Crippen LogP contribution in [0, 0.1) is 13.8 Å². The van der Waals surface area contributed by atoms with Gasteiger partial charge in [-0.1, -0.05) is 0 Å². The lowest BCUT2D eigenvalue weighted by Crippen LogP contribution is -2.20. The summed E-state index contributed by atoms with van der Waals surface area (Å²) in [6.07, 6.45) is -7.85. The summed E-state index contributed by atoms with van der Waals surface area (Å²) in [5.41, 5.74) is -0.797. The second-order valence-electron chi connectivity index (χ2n) is 7.66. The van der Waals surface area contributed by atoms with Gasteiger partial charge in [-0.3, -0.25) is 9.78 Å². The number of halogens is 6. The molecule has 0 bridgehead atoms. The molecule has 0 saturated heterocycles. The van der Waals surface area contributed by atoms with Crippen molar-refractivity contribution < 1.29 is 50.1 Å². The number of nitrogens with zero attached hydrogens (tertiary/aromatic N) is 2. The second-order valence-corrected chi connectivity index (χ2v) is 7.66. The molecule has 0 aliphatic carbocycles. The van der Waals surface area contributed by atoms with Gasteiger partial charge >= 0.3 is 12.5 Å². The third-order valence-electron chi connectivity index (χ3n) is 4.86. The number of pyridine rings is 2. The Kier molecular flexibility index (Phi) is 8.22. The number of nitrogens with one attached hydrogen (secondary N) is 1. The van der Waals surface area contributed by atoms with E-state index in [1.807, 2.05) is 0 Å². The van der Waals surface area contributed by atoms with E-state index >= 15 is 0 Å². The van der Waals surface area contributed by atoms with Crippen LogP contribution < -0.4 is 24.3 Å². The summed E-state index contributed by atoms with van der Waals surface area (Å²) >= 11 is 0. The number of ether oxygens (including phenoxy) is 4. The summed E-state index contributed by atoms with van der Waals surface area (Å²) in [6.45, 7) is 4.44. The highest BCUT2D eigenvalue weighted by molar-refractivity contribution is 6.08. The Morgan fingerprint density at radius 2 is 1.68 bits per heavy atom. The number of methoxy groups -OCH3 is 1. The van der Waals surface area contributed by atoms with Gasteiger partial charge in [-0.25, -0.2) is 4.98 Å². The largest absolute Gasteiger partial charge is 0.573 e. The molecule has 1 N–H and O–H groups in total. The predicted octanol–water partition coefficient (Wildman–Crippen LogP) is 6.46. The average Bonchev–Trinajstić information content (AvgIpc) is 2.81. The number of carbonyl (C=O) groups is 1. The topological polar surface area (TPSA) is 91.8 Å². The molecule has 1 amide bonds. The zero-order valence-electron chi connectivity index (χ0n) is 20.4. The number of aryl methyl sites for hydroxylation is 2. The average molecular weight is 545 g/mol. The minimum Gasteiger partial charge on any atom is -0.493 e. The third-order valence-corrected chi connectivity index (χ3v) is 4.86. The Balaban J connectivity index is 2.14. The molecule has 0 fully saturated rings. The molecule has 3 aromatic rings. The summed E-state index contributed by atoms with van der Waals surface area (Å²) in [5.74, 6) is -3.54. The molecule has 14 heteroatoms. The van der Waals surface area contributed by atoms with Crippen LogP contribution in [-0.2, 0) is 6.18 Å². The smallest absolute Gasteiger partial charge is 0.493 e. The highest BCUT2D eigenvalue weighted by Gasteiger charge is 2.40. The highest BCUT2D eigenvalue weighted by atomic mass is 19.4. The van der Waals surface area contributed by atoms with Crippen molar-refractivity contribution >= 4 is 11.6 Å². The van der Waals surface area contributed by atoms with Gasteiger partial charge in [0.25, 0.3) is 5.91 Å². The van der Waals surface area contributed by atoms with E-state index in [2.05, 4.69) is 20.0 Å². The van der Waals surface area contributed by atoms with Crippen LogP contribution in [-0.4, -0.2) is 36.0 Å². The van der Waals surface area contributed by atoms with E-state index < -0.39 is 47.0 Å². The van der Waals surface area contributed by atoms with Gasteiger partial charge in [0.2, 0.25) is 0 Å². The molecule has 3 rings (SSSR count). The maximum absolute atomic E-state index is 13.8. The molecule has 2 aromatic heterocycles. The van der Waals surface area contributed by atoms with E-state index in [9.17, 15) is 31.1 Å². The van der Waals surface area contributed by atoms with Crippen molar-refractivity contribution in [3.8, 4) is 28.7 Å². The number of aromatic nitrogens is 2. The lowest BCUT2D eigenvalue weighted by Gasteiger charge is -2.20. The van der Waals surface area contributed by atoms with Crippen molar-refractivity contribution in [2.24, 2.45) is 0 Å². The van der Waals surface area contributed by atoms with E-state index in [1.54, 1.807) is 13.8 Å². The number of carbonyl (C=O) groups excluding carboxylic acids is 1. The van der Waals surface area contributed by atoms with E-state index in [-0.39, 0.29) is 23.8 Å². The zero-order valence-corrected chi connectivity index (χ0v) is 20.4. The molecule has 2 heterocycles. The van der Waals surface area contributed by atoms with Crippen molar-refractivity contribution in [1.29, 1.82) is 0 Å². The minimum atomic E-state index is -4.99. The van der Waals surface area contributed by atoms with Gasteiger partial charge in [0.05, 0.1) is 19.9 Å². The van der Waals surface area contributed by atoms with Crippen molar-refractivity contribution in [2.45, 2.75) is 33.3 Å². The van der Waals surface area contributed by atoms with Gasteiger partial charge in [0.15, 0.2) is 28.7 Å². The standard InChI is InChI=1S/C24H21F6N3O5/c1-5-36-20-19(22(34)33-15-8-13(3)31-10-12(15)2)18(11-32-21(20)23(25,26)27)37-16-7-6-14(9-17(16)35-4)38-24(28,29)30/h6-11H,5H2,1-4H3,(H,31,33,34). The van der Waals surface area contributed by atoms with Crippen LogP contribution in [0.25, 0.3) is 0 Å². The first-order chi connectivity index (χ1) is 17.7. The predicted molar refractivity (Wildman–Crippen MR) is 122 cm³/mol. The molecule has 1 aromatic carbocycles. The summed E-state index contributed by atoms with van der Waals surface area (Å²) in [5, 5.41) is 2.52. The van der Waals surface area contributed by atoms with Crippen LogP contribution >= 0.6 is 0 Å². The van der Waals surface area contributed by atoms with Crippen LogP contribution in [0.2, 0.25) is 0 Å². The first-order valence-electron chi connectivity index (χ1n) is 10.8. The Morgan fingerprint density at radius 3 is 2.29 bits per heavy atom. The Bertz CT molecular complexity index is 1330. The molecule has 0 radical (unpaired) electrons. The summed E-state index contributed by atoms with van der Waals surface area (Å²) in [6, 6.07) is 4.29. The lowest BCUT2D eigenvalue weighted by atomic mass is 10.1. The molecule has 204 valence electrons. The monoisotopic (exact) mass is 545 g/mol. The van der Waals surface area contributed by atoms with Gasteiger partial charge in [-0.2, -0.15) is 13.2 Å². The van der Waals surface area contributed by atoms with Crippen LogP contribution in [0.4, 0.5) is 32.0 Å².